The lowest BCUT2D eigenvalue weighted by molar-refractivity contribution is -0.123. The highest BCUT2D eigenvalue weighted by Gasteiger charge is 2.17. The molecule has 27 heavy (non-hydrogen) atoms. The average Bonchev–Trinajstić information content (AvgIpc) is 2.73. The fraction of sp³-hybridized carbons (Fsp3) is 0.381. The first kappa shape index (κ1) is 20.0. The molecule has 0 spiro atoms. The van der Waals surface area contributed by atoms with Crippen molar-refractivity contribution in [1.29, 1.82) is 0 Å². The summed E-state index contributed by atoms with van der Waals surface area (Å²) in [6.45, 7) is 1.93. The zero-order valence-electron chi connectivity index (χ0n) is 15.6. The Labute approximate surface area is 169 Å². The standard InChI is InChI=1S/C21H25NO3S2/c1-15(18-6-3-4-7-19(18)24-2)22-20(23)14-25-17-10-8-16(9-11-17)21-26-12-5-13-27-21/h3-4,6-11,15,21H,5,12-14H2,1-2H3,(H,22,23)/t15-/m1/s1. The molecule has 6 heteroatoms. The van der Waals surface area contributed by atoms with E-state index < -0.39 is 0 Å². The summed E-state index contributed by atoms with van der Waals surface area (Å²) in [4.78, 5) is 12.2. The van der Waals surface area contributed by atoms with Crippen LogP contribution in [-0.2, 0) is 4.79 Å². The second-order valence-electron chi connectivity index (χ2n) is 6.32. The van der Waals surface area contributed by atoms with Crippen molar-refractivity contribution in [3.05, 3.63) is 59.7 Å². The number of amides is 1. The second-order valence-corrected chi connectivity index (χ2v) is 9.04. The Morgan fingerprint density at radius 2 is 1.85 bits per heavy atom. The van der Waals surface area contributed by atoms with Gasteiger partial charge in [0.05, 0.1) is 17.7 Å². The fourth-order valence-electron chi connectivity index (χ4n) is 2.94. The van der Waals surface area contributed by atoms with Crippen LogP contribution in [0.3, 0.4) is 0 Å². The van der Waals surface area contributed by atoms with Crippen molar-refractivity contribution in [1.82, 2.24) is 5.32 Å². The van der Waals surface area contributed by atoms with Crippen LogP contribution in [0.4, 0.5) is 0 Å². The van der Waals surface area contributed by atoms with Crippen molar-refractivity contribution in [2.24, 2.45) is 0 Å². The van der Waals surface area contributed by atoms with Gasteiger partial charge < -0.3 is 14.8 Å². The first-order valence-corrected chi connectivity index (χ1v) is 11.2. The number of methoxy groups -OCH3 is 1. The first-order valence-electron chi connectivity index (χ1n) is 9.05. The van der Waals surface area contributed by atoms with Gasteiger partial charge in [0, 0.05) is 5.56 Å². The highest BCUT2D eigenvalue weighted by atomic mass is 32.2. The maximum Gasteiger partial charge on any atom is 0.258 e. The van der Waals surface area contributed by atoms with Gasteiger partial charge in [0.25, 0.3) is 5.91 Å². The molecule has 0 radical (unpaired) electrons. The van der Waals surface area contributed by atoms with Crippen LogP contribution in [0.2, 0.25) is 0 Å². The van der Waals surface area contributed by atoms with Gasteiger partial charge in [0.1, 0.15) is 11.5 Å². The Morgan fingerprint density at radius 3 is 2.56 bits per heavy atom. The number of rotatable bonds is 7. The molecule has 1 fully saturated rings. The molecule has 0 aromatic heterocycles. The molecule has 3 rings (SSSR count). The molecule has 0 saturated carbocycles. The van der Waals surface area contributed by atoms with Gasteiger partial charge in [-0.05, 0) is 48.6 Å². The minimum absolute atomic E-state index is 0.00817. The molecule has 1 heterocycles. The number of nitrogens with one attached hydrogen (secondary N) is 1. The van der Waals surface area contributed by atoms with Crippen molar-refractivity contribution in [3.8, 4) is 11.5 Å². The molecule has 0 unspecified atom stereocenters. The largest absolute Gasteiger partial charge is 0.496 e. The van der Waals surface area contributed by atoms with E-state index in [1.807, 2.05) is 66.8 Å². The van der Waals surface area contributed by atoms with Crippen LogP contribution in [0, 0.1) is 0 Å². The highest BCUT2D eigenvalue weighted by molar-refractivity contribution is 8.16. The minimum Gasteiger partial charge on any atom is -0.496 e. The van der Waals surface area contributed by atoms with Crippen LogP contribution < -0.4 is 14.8 Å². The minimum atomic E-state index is -0.157. The molecule has 2 aromatic rings. The molecule has 1 amide bonds. The van der Waals surface area contributed by atoms with Crippen LogP contribution in [0.5, 0.6) is 11.5 Å². The fourth-order valence-corrected chi connectivity index (χ4v) is 5.83. The molecule has 4 nitrogen and oxygen atoms in total. The lowest BCUT2D eigenvalue weighted by Crippen LogP contribution is -2.31. The summed E-state index contributed by atoms with van der Waals surface area (Å²) in [5.41, 5.74) is 2.26. The Bertz CT molecular complexity index is 745. The van der Waals surface area contributed by atoms with Gasteiger partial charge in [0.2, 0.25) is 0 Å². The van der Waals surface area contributed by atoms with E-state index in [-0.39, 0.29) is 18.6 Å². The molecule has 1 N–H and O–H groups in total. The quantitative estimate of drug-likeness (QED) is 0.718. The number of hydrogen-bond donors (Lipinski definition) is 1. The third-order valence-corrected chi connectivity index (χ3v) is 7.35. The van der Waals surface area contributed by atoms with E-state index in [2.05, 4.69) is 17.4 Å². The number of carbonyl (C=O) groups excluding carboxylic acids is 1. The zero-order chi connectivity index (χ0) is 19.1. The van der Waals surface area contributed by atoms with Crippen molar-refractivity contribution < 1.29 is 14.3 Å². The van der Waals surface area contributed by atoms with E-state index >= 15 is 0 Å². The van der Waals surface area contributed by atoms with Crippen LogP contribution in [0.25, 0.3) is 0 Å². The van der Waals surface area contributed by atoms with Crippen molar-refractivity contribution in [2.45, 2.75) is 24.0 Å². The van der Waals surface area contributed by atoms with Gasteiger partial charge in [-0.25, -0.2) is 0 Å². The molecule has 0 aliphatic carbocycles. The van der Waals surface area contributed by atoms with Gasteiger partial charge in [-0.1, -0.05) is 30.3 Å². The smallest absolute Gasteiger partial charge is 0.258 e. The summed E-state index contributed by atoms with van der Waals surface area (Å²) in [7, 11) is 1.63. The molecular weight excluding hydrogens is 378 g/mol. The first-order chi connectivity index (χ1) is 13.2. The van der Waals surface area contributed by atoms with Gasteiger partial charge in [-0.3, -0.25) is 4.79 Å². The molecule has 1 aliphatic rings. The van der Waals surface area contributed by atoms with E-state index in [4.69, 9.17) is 9.47 Å². The van der Waals surface area contributed by atoms with E-state index in [9.17, 15) is 4.79 Å². The normalized spacial score (nSPS) is 15.8. The summed E-state index contributed by atoms with van der Waals surface area (Å²) < 4.78 is 11.5. The van der Waals surface area contributed by atoms with E-state index in [1.54, 1.807) is 7.11 Å². The van der Waals surface area contributed by atoms with Crippen molar-refractivity contribution >= 4 is 29.4 Å². The van der Waals surface area contributed by atoms with Gasteiger partial charge in [-0.15, -0.1) is 23.5 Å². The Balaban J connectivity index is 1.50. The third kappa shape index (κ3) is 5.59. The maximum atomic E-state index is 12.2. The van der Waals surface area contributed by atoms with Crippen LogP contribution in [0.15, 0.2) is 48.5 Å². The summed E-state index contributed by atoms with van der Waals surface area (Å²) in [6.07, 6.45) is 1.29. The summed E-state index contributed by atoms with van der Waals surface area (Å²) in [5, 5.41) is 2.95. The molecule has 1 aliphatic heterocycles. The molecular formula is C21H25NO3S2. The number of carbonyl (C=O) groups is 1. The number of benzene rings is 2. The SMILES string of the molecule is COc1ccccc1[C@@H](C)NC(=O)COc1ccc(C2SCCCS2)cc1. The predicted molar refractivity (Wildman–Crippen MR) is 114 cm³/mol. The lowest BCUT2D eigenvalue weighted by atomic mass is 10.1. The van der Waals surface area contributed by atoms with Crippen molar-refractivity contribution in [2.75, 3.05) is 25.2 Å². The van der Waals surface area contributed by atoms with Crippen LogP contribution in [-0.4, -0.2) is 31.1 Å². The molecule has 144 valence electrons. The van der Waals surface area contributed by atoms with Crippen LogP contribution in [0.1, 0.15) is 35.1 Å². The molecule has 1 atom stereocenters. The van der Waals surface area contributed by atoms with E-state index in [0.717, 1.165) is 11.3 Å². The van der Waals surface area contributed by atoms with Crippen molar-refractivity contribution in [3.63, 3.8) is 0 Å². The third-order valence-electron chi connectivity index (χ3n) is 4.33. The number of hydrogen-bond acceptors (Lipinski definition) is 5. The Hall–Kier alpha value is -1.79. The summed E-state index contributed by atoms with van der Waals surface area (Å²) in [5.74, 6) is 3.77. The topological polar surface area (TPSA) is 47.6 Å². The molecule has 1 saturated heterocycles. The summed E-state index contributed by atoms with van der Waals surface area (Å²) >= 11 is 3.99. The monoisotopic (exact) mass is 403 g/mol. The number of para-hydroxylation sites is 1. The second kappa shape index (κ2) is 9.95. The Kier molecular flexibility index (Phi) is 7.35. The van der Waals surface area contributed by atoms with E-state index in [0.29, 0.717) is 10.3 Å². The van der Waals surface area contributed by atoms with Crippen LogP contribution >= 0.6 is 23.5 Å². The zero-order valence-corrected chi connectivity index (χ0v) is 17.3. The number of thioether (sulfide) groups is 2. The molecule has 2 aromatic carbocycles. The summed E-state index contributed by atoms with van der Waals surface area (Å²) in [6, 6.07) is 15.6. The van der Waals surface area contributed by atoms with Gasteiger partial charge in [0.15, 0.2) is 6.61 Å². The average molecular weight is 404 g/mol. The molecule has 0 bridgehead atoms. The number of ether oxygens (including phenoxy) is 2. The lowest BCUT2D eigenvalue weighted by Gasteiger charge is -2.21. The highest BCUT2D eigenvalue weighted by Crippen LogP contribution is 2.43. The van der Waals surface area contributed by atoms with E-state index in [1.165, 1.54) is 23.5 Å². The van der Waals surface area contributed by atoms with Gasteiger partial charge >= 0.3 is 0 Å². The maximum absolute atomic E-state index is 12.2. The van der Waals surface area contributed by atoms with Gasteiger partial charge in [-0.2, -0.15) is 0 Å². The predicted octanol–water partition coefficient (Wildman–Crippen LogP) is 4.82. The Morgan fingerprint density at radius 1 is 1.15 bits per heavy atom.